The van der Waals surface area contributed by atoms with Gasteiger partial charge in [0, 0.05) is 6.61 Å². The van der Waals surface area contributed by atoms with E-state index in [0.717, 1.165) is 12.8 Å². The third-order valence-electron chi connectivity index (χ3n) is 2.22. The van der Waals surface area contributed by atoms with E-state index in [0.29, 0.717) is 13.2 Å². The highest BCUT2D eigenvalue weighted by atomic mass is 35.5. The van der Waals surface area contributed by atoms with Gasteiger partial charge in [-0.3, -0.25) is 0 Å². The van der Waals surface area contributed by atoms with Gasteiger partial charge >= 0.3 is 5.97 Å². The Morgan fingerprint density at radius 2 is 2.22 bits per heavy atom. The van der Waals surface area contributed by atoms with E-state index in [2.05, 4.69) is 11.9 Å². The fourth-order valence-corrected chi connectivity index (χ4v) is 1.39. The largest absolute Gasteiger partial charge is 0.460 e. The number of ether oxygens (including phenoxy) is 2. The Hall–Kier alpha value is -1.33. The van der Waals surface area contributed by atoms with E-state index < -0.39 is 5.97 Å². The van der Waals surface area contributed by atoms with Crippen LogP contribution in [0.3, 0.4) is 0 Å². The van der Waals surface area contributed by atoms with Crippen LogP contribution in [0.15, 0.2) is 12.3 Å². The topological polar surface area (TPSA) is 74.4 Å². The zero-order chi connectivity index (χ0) is 13.4. The average molecular weight is 273 g/mol. The van der Waals surface area contributed by atoms with Gasteiger partial charge in [-0.15, -0.1) is 0 Å². The molecule has 1 aromatic heterocycles. The molecule has 0 atom stereocenters. The second-order valence-electron chi connectivity index (χ2n) is 3.70. The summed E-state index contributed by atoms with van der Waals surface area (Å²) in [5, 5.41) is 0.204. The number of hydrogen-bond acceptors (Lipinski definition) is 5. The van der Waals surface area contributed by atoms with Crippen molar-refractivity contribution < 1.29 is 14.3 Å². The number of nitrogen functional groups attached to an aromatic ring is 1. The molecule has 6 heteroatoms. The van der Waals surface area contributed by atoms with Crippen molar-refractivity contribution in [1.82, 2.24) is 4.98 Å². The van der Waals surface area contributed by atoms with Crippen LogP contribution >= 0.6 is 11.6 Å². The lowest BCUT2D eigenvalue weighted by atomic mass is 10.2. The predicted octanol–water partition coefficient (Wildman–Crippen LogP) is 2.29. The number of hydrogen-bond donors (Lipinski definition) is 1. The van der Waals surface area contributed by atoms with Gasteiger partial charge in [-0.25, -0.2) is 9.78 Å². The normalized spacial score (nSPS) is 10.3. The summed E-state index contributed by atoms with van der Waals surface area (Å²) in [6, 6.07) is 1.39. The monoisotopic (exact) mass is 272 g/mol. The van der Waals surface area contributed by atoms with Crippen molar-refractivity contribution in [1.29, 1.82) is 0 Å². The van der Waals surface area contributed by atoms with Gasteiger partial charge in [0.25, 0.3) is 0 Å². The molecule has 0 radical (unpaired) electrons. The first-order valence-electron chi connectivity index (χ1n) is 5.81. The highest BCUT2D eigenvalue weighted by Gasteiger charge is 2.12. The first-order chi connectivity index (χ1) is 8.65. The molecule has 0 fully saturated rings. The molecule has 100 valence electrons. The molecule has 0 saturated heterocycles. The molecule has 1 rings (SSSR count). The summed E-state index contributed by atoms with van der Waals surface area (Å²) in [5.74, 6) is -0.518. The van der Waals surface area contributed by atoms with Crippen molar-refractivity contribution in [2.75, 3.05) is 25.6 Å². The van der Waals surface area contributed by atoms with Gasteiger partial charge < -0.3 is 15.2 Å². The second kappa shape index (κ2) is 7.89. The minimum absolute atomic E-state index is 0.196. The number of halogens is 1. The van der Waals surface area contributed by atoms with E-state index in [-0.39, 0.29) is 23.0 Å². The Kier molecular flexibility index (Phi) is 6.46. The van der Waals surface area contributed by atoms with Crippen LogP contribution in [0, 0.1) is 0 Å². The molecule has 0 spiro atoms. The van der Waals surface area contributed by atoms with Crippen molar-refractivity contribution in [3.8, 4) is 0 Å². The number of aromatic nitrogens is 1. The summed E-state index contributed by atoms with van der Waals surface area (Å²) in [5.41, 5.74) is 6.08. The Bertz CT molecular complexity index is 399. The maximum Gasteiger partial charge on any atom is 0.340 e. The van der Waals surface area contributed by atoms with Gasteiger partial charge in [0.15, 0.2) is 0 Å². The van der Waals surface area contributed by atoms with Crippen molar-refractivity contribution in [2.24, 2.45) is 0 Å². The highest BCUT2D eigenvalue weighted by Crippen LogP contribution is 2.15. The number of carbonyl (C=O) groups excluding carboxylic acids is 1. The second-order valence-corrected chi connectivity index (χ2v) is 4.08. The number of carbonyl (C=O) groups is 1. The van der Waals surface area contributed by atoms with Crippen LogP contribution in [0.5, 0.6) is 0 Å². The molecule has 2 N–H and O–H groups in total. The molecule has 1 heterocycles. The molecule has 0 bridgehead atoms. The third kappa shape index (κ3) is 4.89. The number of pyridine rings is 1. The molecule has 18 heavy (non-hydrogen) atoms. The zero-order valence-corrected chi connectivity index (χ0v) is 11.1. The molecular weight excluding hydrogens is 256 g/mol. The van der Waals surface area contributed by atoms with Gasteiger partial charge in [0.1, 0.15) is 11.8 Å². The van der Waals surface area contributed by atoms with Crippen molar-refractivity contribution in [3.63, 3.8) is 0 Å². The molecule has 0 unspecified atom stereocenters. The number of unbranched alkanes of at least 4 members (excludes halogenated alkanes) is 1. The minimum atomic E-state index is -0.518. The zero-order valence-electron chi connectivity index (χ0n) is 10.3. The Morgan fingerprint density at radius 3 is 2.94 bits per heavy atom. The Balaban J connectivity index is 2.34. The fourth-order valence-electron chi connectivity index (χ4n) is 1.24. The van der Waals surface area contributed by atoms with E-state index in [1.54, 1.807) is 0 Å². The summed E-state index contributed by atoms with van der Waals surface area (Å²) in [4.78, 5) is 15.4. The highest BCUT2D eigenvalue weighted by molar-refractivity contribution is 6.29. The van der Waals surface area contributed by atoms with E-state index in [4.69, 9.17) is 26.8 Å². The first-order valence-corrected chi connectivity index (χ1v) is 6.18. The van der Waals surface area contributed by atoms with Crippen LogP contribution < -0.4 is 5.73 Å². The summed E-state index contributed by atoms with van der Waals surface area (Å²) >= 11 is 5.68. The van der Waals surface area contributed by atoms with E-state index in [1.807, 2.05) is 0 Å². The van der Waals surface area contributed by atoms with Crippen LogP contribution in [0.2, 0.25) is 5.15 Å². The van der Waals surface area contributed by atoms with Gasteiger partial charge in [0.2, 0.25) is 0 Å². The van der Waals surface area contributed by atoms with Crippen LogP contribution in [-0.4, -0.2) is 30.8 Å². The summed E-state index contributed by atoms with van der Waals surface area (Å²) in [7, 11) is 0. The lowest BCUT2D eigenvalue weighted by Gasteiger charge is -2.07. The molecule has 0 saturated carbocycles. The van der Waals surface area contributed by atoms with Crippen LogP contribution in [-0.2, 0) is 9.47 Å². The lowest BCUT2D eigenvalue weighted by Crippen LogP contribution is -2.13. The van der Waals surface area contributed by atoms with E-state index in [1.165, 1.54) is 12.3 Å². The number of esters is 1. The van der Waals surface area contributed by atoms with E-state index in [9.17, 15) is 4.79 Å². The number of nitrogens with zero attached hydrogens (tertiary/aromatic N) is 1. The Labute approximate surface area is 111 Å². The number of anilines is 1. The number of rotatable bonds is 7. The first kappa shape index (κ1) is 14.7. The third-order valence-corrected chi connectivity index (χ3v) is 2.43. The maximum absolute atomic E-state index is 11.7. The quantitative estimate of drug-likeness (QED) is 0.468. The summed E-state index contributed by atoms with van der Waals surface area (Å²) in [6.07, 6.45) is 3.41. The van der Waals surface area contributed by atoms with Crippen molar-refractivity contribution in [3.05, 3.63) is 23.0 Å². The molecule has 0 aliphatic carbocycles. The predicted molar refractivity (Wildman–Crippen MR) is 69.7 cm³/mol. The maximum atomic E-state index is 11.7. The molecule has 0 aliphatic heterocycles. The summed E-state index contributed by atoms with van der Waals surface area (Å²) < 4.78 is 10.3. The molecule has 0 aromatic carbocycles. The van der Waals surface area contributed by atoms with Crippen LogP contribution in [0.1, 0.15) is 30.1 Å². The smallest absolute Gasteiger partial charge is 0.340 e. The molecular formula is C12H17ClN2O3. The molecule has 0 amide bonds. The standard InChI is InChI=1S/C12H17ClN2O3/c1-2-3-4-17-5-6-18-12(16)9-7-11(13)15-8-10(9)14/h7-8H,2-6,14H2,1H3. The average Bonchev–Trinajstić information content (AvgIpc) is 2.36. The van der Waals surface area contributed by atoms with Gasteiger partial charge in [-0.05, 0) is 12.5 Å². The van der Waals surface area contributed by atoms with Crippen LogP contribution in [0.4, 0.5) is 5.69 Å². The molecule has 5 nitrogen and oxygen atoms in total. The van der Waals surface area contributed by atoms with Gasteiger partial charge in [0.05, 0.1) is 24.1 Å². The van der Waals surface area contributed by atoms with Gasteiger partial charge in [-0.2, -0.15) is 0 Å². The molecule has 0 aliphatic rings. The number of nitrogens with two attached hydrogens (primary N) is 1. The van der Waals surface area contributed by atoms with Crippen molar-refractivity contribution in [2.45, 2.75) is 19.8 Å². The minimum Gasteiger partial charge on any atom is -0.460 e. The van der Waals surface area contributed by atoms with Gasteiger partial charge in [-0.1, -0.05) is 24.9 Å². The molecule has 1 aromatic rings. The van der Waals surface area contributed by atoms with Crippen molar-refractivity contribution >= 4 is 23.3 Å². The Morgan fingerprint density at radius 1 is 1.44 bits per heavy atom. The lowest BCUT2D eigenvalue weighted by molar-refractivity contribution is 0.0315. The van der Waals surface area contributed by atoms with Crippen LogP contribution in [0.25, 0.3) is 0 Å². The SMILES string of the molecule is CCCCOCCOC(=O)c1cc(Cl)ncc1N. The fraction of sp³-hybridized carbons (Fsp3) is 0.500. The van der Waals surface area contributed by atoms with E-state index >= 15 is 0 Å². The summed E-state index contributed by atoms with van der Waals surface area (Å²) in [6.45, 7) is 3.34.